The second kappa shape index (κ2) is 3.52. The molecule has 0 aliphatic carbocycles. The fourth-order valence-electron chi connectivity index (χ4n) is 2.16. The van der Waals surface area contributed by atoms with E-state index in [0.29, 0.717) is 5.69 Å². The molecule has 0 atom stereocenters. The van der Waals surface area contributed by atoms with Crippen LogP contribution in [0.1, 0.15) is 16.1 Å². The molecule has 2 aromatic rings. The van der Waals surface area contributed by atoms with E-state index in [1.165, 1.54) is 5.56 Å². The Bertz CT molecular complexity index is 516. The highest BCUT2D eigenvalue weighted by Gasteiger charge is 2.25. The molecule has 0 spiro atoms. The lowest BCUT2D eigenvalue weighted by molar-refractivity contribution is 0.0985. The fourth-order valence-corrected chi connectivity index (χ4v) is 2.16. The normalized spacial score (nSPS) is 13.9. The molecule has 2 heterocycles. The number of benzene rings is 1. The summed E-state index contributed by atoms with van der Waals surface area (Å²) in [6.07, 6.45) is 2.72. The van der Waals surface area contributed by atoms with Crippen molar-refractivity contribution < 1.29 is 4.79 Å². The van der Waals surface area contributed by atoms with Gasteiger partial charge in [0, 0.05) is 18.4 Å². The Morgan fingerprint density at radius 2 is 2.06 bits per heavy atom. The van der Waals surface area contributed by atoms with Crippen LogP contribution in [0.15, 0.2) is 42.6 Å². The van der Waals surface area contributed by atoms with E-state index in [0.717, 1.165) is 18.7 Å². The molecule has 1 aliphatic rings. The molecule has 0 saturated carbocycles. The van der Waals surface area contributed by atoms with E-state index in [9.17, 15) is 4.79 Å². The summed E-state index contributed by atoms with van der Waals surface area (Å²) >= 11 is 0. The predicted molar refractivity (Wildman–Crippen MR) is 62.6 cm³/mol. The summed E-state index contributed by atoms with van der Waals surface area (Å²) in [5.74, 6) is 0.0509. The summed E-state index contributed by atoms with van der Waals surface area (Å²) in [5.41, 5.74) is 2.95. The van der Waals surface area contributed by atoms with Crippen molar-refractivity contribution in [2.24, 2.45) is 0 Å². The van der Waals surface area contributed by atoms with Crippen molar-refractivity contribution in [1.29, 1.82) is 0 Å². The van der Waals surface area contributed by atoms with Gasteiger partial charge in [-0.3, -0.25) is 4.79 Å². The minimum absolute atomic E-state index is 0.0509. The zero-order valence-electron chi connectivity index (χ0n) is 8.81. The lowest BCUT2D eigenvalue weighted by Gasteiger charge is -2.16. The van der Waals surface area contributed by atoms with E-state index in [4.69, 9.17) is 0 Å². The van der Waals surface area contributed by atoms with Crippen molar-refractivity contribution >= 4 is 11.6 Å². The number of nitrogens with zero attached hydrogens (tertiary/aromatic N) is 1. The molecule has 0 saturated heterocycles. The number of amides is 1. The summed E-state index contributed by atoms with van der Waals surface area (Å²) in [4.78, 5) is 17.0. The van der Waals surface area contributed by atoms with Crippen LogP contribution in [0, 0.1) is 0 Å². The van der Waals surface area contributed by atoms with Crippen LogP contribution in [0.25, 0.3) is 0 Å². The first-order valence-electron chi connectivity index (χ1n) is 5.39. The van der Waals surface area contributed by atoms with Crippen LogP contribution < -0.4 is 4.90 Å². The number of nitrogens with one attached hydrogen (secondary N) is 1. The fraction of sp³-hybridized carbons (Fsp3) is 0.154. The number of anilines is 1. The van der Waals surface area contributed by atoms with Gasteiger partial charge in [-0.2, -0.15) is 0 Å². The van der Waals surface area contributed by atoms with Crippen LogP contribution >= 0.6 is 0 Å². The van der Waals surface area contributed by atoms with Gasteiger partial charge in [0.1, 0.15) is 5.69 Å². The van der Waals surface area contributed by atoms with Gasteiger partial charge >= 0.3 is 0 Å². The first-order chi connectivity index (χ1) is 7.86. The van der Waals surface area contributed by atoms with E-state index in [2.05, 4.69) is 11.1 Å². The molecule has 0 unspecified atom stereocenters. The zero-order valence-corrected chi connectivity index (χ0v) is 8.81. The number of carbonyl (C=O) groups excluding carboxylic acids is 1. The number of hydrogen-bond acceptors (Lipinski definition) is 1. The summed E-state index contributed by atoms with van der Waals surface area (Å²) in [7, 11) is 0. The number of fused-ring (bicyclic) bond motifs is 1. The Morgan fingerprint density at radius 3 is 2.88 bits per heavy atom. The quantitative estimate of drug-likeness (QED) is 0.773. The van der Waals surface area contributed by atoms with Crippen LogP contribution in [0.4, 0.5) is 5.69 Å². The maximum Gasteiger partial charge on any atom is 0.274 e. The largest absolute Gasteiger partial charge is 0.357 e. The SMILES string of the molecule is O=C(c1ccc[nH]1)N1CCc2ccccc21. The van der Waals surface area contributed by atoms with E-state index in [-0.39, 0.29) is 5.91 Å². The van der Waals surface area contributed by atoms with Gasteiger partial charge in [-0.25, -0.2) is 0 Å². The molecular weight excluding hydrogens is 200 g/mol. The van der Waals surface area contributed by atoms with Gasteiger partial charge in [0.15, 0.2) is 0 Å². The van der Waals surface area contributed by atoms with Crippen molar-refractivity contribution in [3.05, 3.63) is 53.9 Å². The number of H-pyrrole nitrogens is 1. The second-order valence-corrected chi connectivity index (χ2v) is 3.92. The van der Waals surface area contributed by atoms with E-state index in [1.807, 2.05) is 35.2 Å². The molecule has 16 heavy (non-hydrogen) atoms. The average molecular weight is 212 g/mol. The highest BCUT2D eigenvalue weighted by atomic mass is 16.2. The third kappa shape index (κ3) is 1.33. The lowest BCUT2D eigenvalue weighted by Crippen LogP contribution is -2.29. The van der Waals surface area contributed by atoms with Crippen molar-refractivity contribution in [2.45, 2.75) is 6.42 Å². The number of aromatic nitrogens is 1. The van der Waals surface area contributed by atoms with Crippen molar-refractivity contribution in [3.63, 3.8) is 0 Å². The van der Waals surface area contributed by atoms with Gasteiger partial charge in [0.25, 0.3) is 5.91 Å². The van der Waals surface area contributed by atoms with Crippen LogP contribution in [0.2, 0.25) is 0 Å². The summed E-state index contributed by atoms with van der Waals surface area (Å²) in [5, 5.41) is 0. The van der Waals surface area contributed by atoms with E-state index < -0.39 is 0 Å². The van der Waals surface area contributed by atoms with Crippen LogP contribution in [-0.2, 0) is 6.42 Å². The van der Waals surface area contributed by atoms with Gasteiger partial charge in [0.05, 0.1) is 0 Å². The molecule has 0 fully saturated rings. The number of aromatic amines is 1. The summed E-state index contributed by atoms with van der Waals surface area (Å²) in [6.45, 7) is 0.775. The maximum atomic E-state index is 12.2. The number of carbonyl (C=O) groups is 1. The number of rotatable bonds is 1. The molecule has 1 aliphatic heterocycles. The van der Waals surface area contributed by atoms with Crippen molar-refractivity contribution in [2.75, 3.05) is 11.4 Å². The molecule has 1 amide bonds. The van der Waals surface area contributed by atoms with Gasteiger partial charge < -0.3 is 9.88 Å². The van der Waals surface area contributed by atoms with Gasteiger partial charge in [-0.15, -0.1) is 0 Å². The van der Waals surface area contributed by atoms with E-state index in [1.54, 1.807) is 6.20 Å². The molecule has 1 aromatic carbocycles. The highest BCUT2D eigenvalue weighted by molar-refractivity contribution is 6.06. The number of hydrogen-bond donors (Lipinski definition) is 1. The third-order valence-corrected chi connectivity index (χ3v) is 2.96. The molecule has 80 valence electrons. The first kappa shape index (κ1) is 9.21. The highest BCUT2D eigenvalue weighted by Crippen LogP contribution is 2.28. The van der Waals surface area contributed by atoms with Crippen LogP contribution in [0.5, 0.6) is 0 Å². The molecule has 1 aromatic heterocycles. The summed E-state index contributed by atoms with van der Waals surface area (Å²) in [6, 6.07) is 11.7. The Hall–Kier alpha value is -2.03. The minimum Gasteiger partial charge on any atom is -0.357 e. The van der Waals surface area contributed by atoms with Crippen molar-refractivity contribution in [3.8, 4) is 0 Å². The molecule has 0 radical (unpaired) electrons. The Kier molecular flexibility index (Phi) is 2.03. The van der Waals surface area contributed by atoms with Gasteiger partial charge in [-0.1, -0.05) is 18.2 Å². The zero-order chi connectivity index (χ0) is 11.0. The smallest absolute Gasteiger partial charge is 0.274 e. The minimum atomic E-state index is 0.0509. The third-order valence-electron chi connectivity index (χ3n) is 2.96. The molecule has 3 heteroatoms. The Morgan fingerprint density at radius 1 is 1.19 bits per heavy atom. The molecule has 3 nitrogen and oxygen atoms in total. The lowest BCUT2D eigenvalue weighted by atomic mass is 10.2. The number of para-hydroxylation sites is 1. The van der Waals surface area contributed by atoms with Gasteiger partial charge in [-0.05, 0) is 30.2 Å². The first-order valence-corrected chi connectivity index (χ1v) is 5.39. The Labute approximate surface area is 93.7 Å². The summed E-state index contributed by atoms with van der Waals surface area (Å²) < 4.78 is 0. The Balaban J connectivity index is 1.96. The predicted octanol–water partition coefficient (Wildman–Crippen LogP) is 2.22. The van der Waals surface area contributed by atoms with Crippen LogP contribution in [-0.4, -0.2) is 17.4 Å². The topological polar surface area (TPSA) is 36.1 Å². The van der Waals surface area contributed by atoms with E-state index >= 15 is 0 Å². The molecule has 0 bridgehead atoms. The monoisotopic (exact) mass is 212 g/mol. The molecular formula is C13H12N2O. The van der Waals surface area contributed by atoms with Crippen molar-refractivity contribution in [1.82, 2.24) is 4.98 Å². The van der Waals surface area contributed by atoms with Crippen LogP contribution in [0.3, 0.4) is 0 Å². The standard InChI is InChI=1S/C13H12N2O/c16-13(11-5-3-8-14-11)15-9-7-10-4-1-2-6-12(10)15/h1-6,8,14H,7,9H2. The molecule has 1 N–H and O–H groups in total. The maximum absolute atomic E-state index is 12.2. The average Bonchev–Trinajstić information content (AvgIpc) is 2.98. The second-order valence-electron chi connectivity index (χ2n) is 3.92. The molecule has 3 rings (SSSR count). The van der Waals surface area contributed by atoms with Gasteiger partial charge in [0.2, 0.25) is 0 Å².